The molecule has 0 saturated carbocycles. The lowest BCUT2D eigenvalue weighted by molar-refractivity contribution is -0.144. The molecular formula is C13H17NO2S. The van der Waals surface area contributed by atoms with Crippen molar-refractivity contribution in [3.8, 4) is 0 Å². The average Bonchev–Trinajstić information content (AvgIpc) is 2.78. The van der Waals surface area contributed by atoms with Gasteiger partial charge < -0.3 is 4.74 Å². The van der Waals surface area contributed by atoms with E-state index in [2.05, 4.69) is 30.4 Å². The minimum atomic E-state index is -0.175. The maximum absolute atomic E-state index is 11.6. The smallest absolute Gasteiger partial charge is 0.324 e. The highest BCUT2D eigenvalue weighted by molar-refractivity contribution is 7.99. The lowest BCUT2D eigenvalue weighted by Gasteiger charge is -2.13. The highest BCUT2D eigenvalue weighted by Crippen LogP contribution is 2.33. The standard InChI is InChI=1S/C13H17NO2S/c1-3-16-13(15)11-8-17-12(14-11)10-6-4-5-9(2)7-10/h4-7,11-12,14H,3,8H2,1-2H3/t11-,12?/m0/s1. The summed E-state index contributed by atoms with van der Waals surface area (Å²) in [6.07, 6.45) is 0. The molecule has 92 valence electrons. The summed E-state index contributed by atoms with van der Waals surface area (Å²) in [4.78, 5) is 11.6. The molecular weight excluding hydrogens is 234 g/mol. The molecule has 1 aliphatic heterocycles. The van der Waals surface area contributed by atoms with Crippen molar-refractivity contribution in [1.82, 2.24) is 5.32 Å². The molecule has 17 heavy (non-hydrogen) atoms. The summed E-state index contributed by atoms with van der Waals surface area (Å²) in [5, 5.41) is 3.51. The summed E-state index contributed by atoms with van der Waals surface area (Å²) >= 11 is 1.75. The largest absolute Gasteiger partial charge is 0.465 e. The van der Waals surface area contributed by atoms with E-state index in [0.29, 0.717) is 6.61 Å². The van der Waals surface area contributed by atoms with Crippen molar-refractivity contribution < 1.29 is 9.53 Å². The van der Waals surface area contributed by atoms with E-state index in [4.69, 9.17) is 4.74 Å². The van der Waals surface area contributed by atoms with E-state index in [1.54, 1.807) is 11.8 Å². The molecule has 2 rings (SSSR count). The second-order valence-corrected chi connectivity index (χ2v) is 5.24. The Kier molecular flexibility index (Phi) is 4.07. The van der Waals surface area contributed by atoms with Crippen LogP contribution < -0.4 is 5.32 Å². The van der Waals surface area contributed by atoms with Crippen LogP contribution in [0.25, 0.3) is 0 Å². The van der Waals surface area contributed by atoms with Gasteiger partial charge in [0, 0.05) is 5.75 Å². The number of carbonyl (C=O) groups is 1. The van der Waals surface area contributed by atoms with Gasteiger partial charge >= 0.3 is 5.97 Å². The molecule has 0 spiro atoms. The van der Waals surface area contributed by atoms with Crippen molar-refractivity contribution in [1.29, 1.82) is 0 Å². The first-order chi connectivity index (χ1) is 8.20. The monoisotopic (exact) mass is 251 g/mol. The normalized spacial score (nSPS) is 23.6. The van der Waals surface area contributed by atoms with E-state index >= 15 is 0 Å². The first-order valence-corrected chi connectivity index (χ1v) is 6.86. The van der Waals surface area contributed by atoms with E-state index in [9.17, 15) is 4.79 Å². The summed E-state index contributed by atoms with van der Waals surface area (Å²) in [5.74, 6) is 0.632. The SMILES string of the molecule is CCOC(=O)[C@@H]1CSC(c2cccc(C)c2)N1. The Morgan fingerprint density at radius 1 is 1.59 bits per heavy atom. The van der Waals surface area contributed by atoms with Gasteiger partial charge in [0.25, 0.3) is 0 Å². The Morgan fingerprint density at radius 3 is 3.12 bits per heavy atom. The van der Waals surface area contributed by atoms with Gasteiger partial charge in [-0.25, -0.2) is 0 Å². The van der Waals surface area contributed by atoms with Crippen molar-refractivity contribution in [2.24, 2.45) is 0 Å². The third kappa shape index (κ3) is 3.01. The second kappa shape index (κ2) is 5.56. The summed E-state index contributed by atoms with van der Waals surface area (Å²) in [5.41, 5.74) is 2.46. The number of benzene rings is 1. The van der Waals surface area contributed by atoms with Gasteiger partial charge in [0.2, 0.25) is 0 Å². The highest BCUT2D eigenvalue weighted by Gasteiger charge is 2.31. The molecule has 0 radical (unpaired) electrons. The Labute approximate surface area is 106 Å². The van der Waals surface area contributed by atoms with Crippen LogP contribution in [0, 0.1) is 6.92 Å². The molecule has 1 saturated heterocycles. The maximum Gasteiger partial charge on any atom is 0.324 e. The molecule has 0 amide bonds. The van der Waals surface area contributed by atoms with Crippen LogP contribution in [0.15, 0.2) is 24.3 Å². The zero-order valence-corrected chi connectivity index (χ0v) is 10.9. The van der Waals surface area contributed by atoms with Gasteiger partial charge in [-0.1, -0.05) is 29.8 Å². The van der Waals surface area contributed by atoms with E-state index in [1.165, 1.54) is 11.1 Å². The molecule has 1 aliphatic rings. The number of hydrogen-bond donors (Lipinski definition) is 1. The molecule has 4 heteroatoms. The molecule has 1 aromatic rings. The molecule has 1 heterocycles. The number of hydrogen-bond acceptors (Lipinski definition) is 4. The van der Waals surface area contributed by atoms with E-state index in [1.807, 2.05) is 13.0 Å². The molecule has 0 aromatic heterocycles. The minimum Gasteiger partial charge on any atom is -0.465 e. The zero-order valence-electron chi connectivity index (χ0n) is 10.1. The number of nitrogens with one attached hydrogen (secondary N) is 1. The maximum atomic E-state index is 11.6. The first kappa shape index (κ1) is 12.5. The van der Waals surface area contributed by atoms with Crippen LogP contribution in [0.2, 0.25) is 0 Å². The third-order valence-electron chi connectivity index (χ3n) is 2.70. The van der Waals surface area contributed by atoms with Crippen molar-refractivity contribution in [3.63, 3.8) is 0 Å². The van der Waals surface area contributed by atoms with Gasteiger partial charge in [0.1, 0.15) is 6.04 Å². The number of ether oxygens (including phenoxy) is 1. The lowest BCUT2D eigenvalue weighted by Crippen LogP contribution is -2.35. The van der Waals surface area contributed by atoms with Crippen LogP contribution in [0.5, 0.6) is 0 Å². The van der Waals surface area contributed by atoms with E-state index < -0.39 is 0 Å². The topological polar surface area (TPSA) is 38.3 Å². The molecule has 1 unspecified atom stereocenters. The van der Waals surface area contributed by atoms with Crippen molar-refractivity contribution in [2.75, 3.05) is 12.4 Å². The van der Waals surface area contributed by atoms with Crippen molar-refractivity contribution >= 4 is 17.7 Å². The molecule has 1 aromatic carbocycles. The minimum absolute atomic E-state index is 0.143. The zero-order chi connectivity index (χ0) is 12.3. The molecule has 3 nitrogen and oxygen atoms in total. The Balaban J connectivity index is 2.00. The Bertz CT molecular complexity index is 408. The summed E-state index contributed by atoms with van der Waals surface area (Å²) in [6.45, 7) is 4.35. The van der Waals surface area contributed by atoms with Crippen LogP contribution in [-0.2, 0) is 9.53 Å². The Hall–Kier alpha value is -1.00. The fourth-order valence-corrected chi connectivity index (χ4v) is 3.09. The molecule has 2 atom stereocenters. The predicted octanol–water partition coefficient (Wildman–Crippen LogP) is 2.26. The van der Waals surface area contributed by atoms with Crippen LogP contribution in [-0.4, -0.2) is 24.4 Å². The van der Waals surface area contributed by atoms with Gasteiger partial charge in [-0.2, -0.15) is 0 Å². The Morgan fingerprint density at radius 2 is 2.41 bits per heavy atom. The van der Waals surface area contributed by atoms with E-state index in [0.717, 1.165) is 5.75 Å². The quantitative estimate of drug-likeness (QED) is 0.836. The van der Waals surface area contributed by atoms with E-state index in [-0.39, 0.29) is 17.4 Å². The fraction of sp³-hybridized carbons (Fsp3) is 0.462. The van der Waals surface area contributed by atoms with Gasteiger partial charge in [-0.05, 0) is 19.4 Å². The molecule has 1 N–H and O–H groups in total. The second-order valence-electron chi connectivity index (χ2n) is 4.10. The molecule has 0 aliphatic carbocycles. The van der Waals surface area contributed by atoms with Crippen molar-refractivity contribution in [3.05, 3.63) is 35.4 Å². The van der Waals surface area contributed by atoms with Crippen LogP contribution >= 0.6 is 11.8 Å². The summed E-state index contributed by atoms with van der Waals surface area (Å²) in [6, 6.07) is 8.19. The molecule has 0 bridgehead atoms. The number of aryl methyl sites for hydroxylation is 1. The van der Waals surface area contributed by atoms with Crippen LogP contribution in [0.4, 0.5) is 0 Å². The average molecular weight is 251 g/mol. The predicted molar refractivity (Wildman–Crippen MR) is 69.9 cm³/mol. The number of rotatable bonds is 3. The number of thioether (sulfide) groups is 1. The summed E-state index contributed by atoms with van der Waals surface area (Å²) in [7, 11) is 0. The van der Waals surface area contributed by atoms with Crippen LogP contribution in [0.1, 0.15) is 23.4 Å². The van der Waals surface area contributed by atoms with Crippen LogP contribution in [0.3, 0.4) is 0 Å². The van der Waals surface area contributed by atoms with Gasteiger partial charge in [0.15, 0.2) is 0 Å². The van der Waals surface area contributed by atoms with Crippen molar-refractivity contribution in [2.45, 2.75) is 25.3 Å². The van der Waals surface area contributed by atoms with Gasteiger partial charge in [-0.15, -0.1) is 11.8 Å². The fourth-order valence-electron chi connectivity index (χ4n) is 1.88. The third-order valence-corrected chi connectivity index (χ3v) is 3.97. The highest BCUT2D eigenvalue weighted by atomic mass is 32.2. The summed E-state index contributed by atoms with van der Waals surface area (Å²) < 4.78 is 5.02. The lowest BCUT2D eigenvalue weighted by atomic mass is 10.1. The molecule has 1 fully saturated rings. The number of esters is 1. The number of carbonyl (C=O) groups excluding carboxylic acids is 1. The van der Waals surface area contributed by atoms with Gasteiger partial charge in [0.05, 0.1) is 12.0 Å². The first-order valence-electron chi connectivity index (χ1n) is 5.81. The van der Waals surface area contributed by atoms with Gasteiger partial charge in [-0.3, -0.25) is 10.1 Å².